The summed E-state index contributed by atoms with van der Waals surface area (Å²) >= 11 is 1.27. The van der Waals surface area contributed by atoms with Gasteiger partial charge >= 0.3 is 0 Å². The van der Waals surface area contributed by atoms with E-state index in [1.165, 1.54) is 36.0 Å². The number of rotatable bonds is 8. The lowest BCUT2D eigenvalue weighted by Crippen LogP contribution is -2.33. The zero-order valence-electron chi connectivity index (χ0n) is 19.7. The van der Waals surface area contributed by atoms with Gasteiger partial charge in [0.25, 0.3) is 5.91 Å². The van der Waals surface area contributed by atoms with Crippen molar-refractivity contribution in [2.45, 2.75) is 25.0 Å². The molecule has 0 saturated heterocycles. The third-order valence-corrected chi connectivity index (χ3v) is 6.59. The minimum absolute atomic E-state index is 0.0244. The van der Waals surface area contributed by atoms with Crippen LogP contribution in [0, 0.1) is 11.7 Å². The molecule has 0 fully saturated rings. The van der Waals surface area contributed by atoms with Gasteiger partial charge in [0.1, 0.15) is 5.82 Å². The first-order valence-corrected chi connectivity index (χ1v) is 12.2. The van der Waals surface area contributed by atoms with E-state index in [0.29, 0.717) is 16.5 Å². The Labute approximate surface area is 207 Å². The highest BCUT2D eigenvalue weighted by Gasteiger charge is 2.25. The Bertz CT molecular complexity index is 1350. The second-order valence-corrected chi connectivity index (χ2v) is 9.44. The van der Waals surface area contributed by atoms with E-state index < -0.39 is 11.9 Å². The summed E-state index contributed by atoms with van der Waals surface area (Å²) in [6.07, 6.45) is 0. The van der Waals surface area contributed by atoms with Gasteiger partial charge in [-0.2, -0.15) is 0 Å². The van der Waals surface area contributed by atoms with E-state index >= 15 is 0 Å². The second-order valence-electron chi connectivity index (χ2n) is 8.50. The molecule has 2 amide bonds. The highest BCUT2D eigenvalue weighted by molar-refractivity contribution is 7.99. The monoisotopic (exact) mass is 491 g/mol. The van der Waals surface area contributed by atoms with E-state index in [-0.39, 0.29) is 23.5 Å². The number of halogens is 1. The number of carbonyl (C=O) groups excluding carboxylic acids is 2. The summed E-state index contributed by atoms with van der Waals surface area (Å²) in [4.78, 5) is 25.2. The van der Waals surface area contributed by atoms with Gasteiger partial charge < -0.3 is 15.2 Å². The summed E-state index contributed by atoms with van der Waals surface area (Å²) in [6.45, 7) is 3.93. The lowest BCUT2D eigenvalue weighted by Gasteiger charge is -2.21. The average molecular weight is 492 g/mol. The van der Waals surface area contributed by atoms with Gasteiger partial charge in [-0.25, -0.2) is 4.39 Å². The van der Waals surface area contributed by atoms with Gasteiger partial charge in [0.2, 0.25) is 5.91 Å². The van der Waals surface area contributed by atoms with E-state index in [4.69, 9.17) is 0 Å². The molecule has 0 saturated carbocycles. The van der Waals surface area contributed by atoms with Gasteiger partial charge in [-0.15, -0.1) is 10.2 Å². The summed E-state index contributed by atoms with van der Waals surface area (Å²) in [7, 11) is 1.80. The Kier molecular flexibility index (Phi) is 7.45. The van der Waals surface area contributed by atoms with E-state index in [2.05, 4.69) is 20.8 Å². The molecule has 2 N–H and O–H groups in total. The van der Waals surface area contributed by atoms with Crippen LogP contribution in [-0.2, 0) is 11.8 Å². The van der Waals surface area contributed by atoms with Crippen LogP contribution in [0.3, 0.4) is 0 Å². The van der Waals surface area contributed by atoms with Crippen molar-refractivity contribution in [3.05, 3.63) is 83.9 Å². The summed E-state index contributed by atoms with van der Waals surface area (Å²) in [5, 5.41) is 17.1. The Morgan fingerprint density at radius 2 is 1.71 bits per heavy atom. The molecule has 0 aliphatic heterocycles. The van der Waals surface area contributed by atoms with Crippen molar-refractivity contribution in [1.82, 2.24) is 20.1 Å². The predicted molar refractivity (Wildman–Crippen MR) is 136 cm³/mol. The van der Waals surface area contributed by atoms with Crippen molar-refractivity contribution in [2.24, 2.45) is 13.0 Å². The van der Waals surface area contributed by atoms with Crippen LogP contribution in [0.4, 0.5) is 10.1 Å². The molecule has 1 aromatic heterocycles. The van der Waals surface area contributed by atoms with Crippen molar-refractivity contribution in [3.8, 4) is 0 Å². The standard InChI is InChI=1S/C26H26FN5O2S/c1-16(2)23(29-25(34)18-8-11-20(27)12-9-18)24-30-31-26(32(24)3)35-15-22(33)28-21-13-10-17-6-4-5-7-19(17)14-21/h4-14,16,23H,15H2,1-3H3,(H,28,33)(H,29,34)/t23-/m0/s1. The van der Waals surface area contributed by atoms with E-state index in [1.807, 2.05) is 56.3 Å². The summed E-state index contributed by atoms with van der Waals surface area (Å²) in [6, 6.07) is 18.7. The van der Waals surface area contributed by atoms with E-state index in [9.17, 15) is 14.0 Å². The van der Waals surface area contributed by atoms with Gasteiger partial charge in [0.05, 0.1) is 11.8 Å². The van der Waals surface area contributed by atoms with Crippen molar-refractivity contribution in [3.63, 3.8) is 0 Å². The van der Waals surface area contributed by atoms with Gasteiger partial charge in [-0.05, 0) is 53.1 Å². The molecule has 0 spiro atoms. The number of fused-ring (bicyclic) bond motifs is 1. The molecule has 0 aliphatic carbocycles. The zero-order chi connectivity index (χ0) is 24.9. The fourth-order valence-electron chi connectivity index (χ4n) is 3.67. The molecular formula is C26H26FN5O2S. The number of thioether (sulfide) groups is 1. The lowest BCUT2D eigenvalue weighted by molar-refractivity contribution is -0.113. The van der Waals surface area contributed by atoms with Crippen molar-refractivity contribution in [2.75, 3.05) is 11.1 Å². The number of nitrogens with one attached hydrogen (secondary N) is 2. The van der Waals surface area contributed by atoms with E-state index in [1.54, 1.807) is 11.6 Å². The minimum atomic E-state index is -0.411. The first-order valence-electron chi connectivity index (χ1n) is 11.2. The molecule has 0 bridgehead atoms. The third kappa shape index (κ3) is 5.86. The summed E-state index contributed by atoms with van der Waals surface area (Å²) < 4.78 is 15.0. The number of anilines is 1. The predicted octanol–water partition coefficient (Wildman–Crippen LogP) is 4.97. The van der Waals surface area contributed by atoms with Gasteiger partial charge in [-0.1, -0.05) is 55.9 Å². The van der Waals surface area contributed by atoms with E-state index in [0.717, 1.165) is 16.5 Å². The number of hydrogen-bond donors (Lipinski definition) is 2. The lowest BCUT2D eigenvalue weighted by atomic mass is 10.0. The van der Waals surface area contributed by atoms with Crippen LogP contribution in [0.5, 0.6) is 0 Å². The van der Waals surface area contributed by atoms with Crippen LogP contribution in [0.2, 0.25) is 0 Å². The molecule has 35 heavy (non-hydrogen) atoms. The summed E-state index contributed by atoms with van der Waals surface area (Å²) in [5.74, 6) is -0.117. The molecule has 4 aromatic rings. The van der Waals surface area contributed by atoms with Gasteiger partial charge in [0, 0.05) is 18.3 Å². The SMILES string of the molecule is CC(C)[C@H](NC(=O)c1ccc(F)cc1)c1nnc(SCC(=O)Nc2ccc3ccccc3c2)n1C. The molecular weight excluding hydrogens is 465 g/mol. The molecule has 0 aliphatic rings. The molecule has 4 rings (SSSR count). The maximum Gasteiger partial charge on any atom is 0.251 e. The number of aromatic nitrogens is 3. The van der Waals surface area contributed by atoms with Crippen LogP contribution >= 0.6 is 11.8 Å². The normalized spacial score (nSPS) is 12.0. The number of hydrogen-bond acceptors (Lipinski definition) is 5. The Balaban J connectivity index is 1.40. The highest BCUT2D eigenvalue weighted by Crippen LogP contribution is 2.25. The van der Waals surface area contributed by atoms with Crippen LogP contribution in [0.15, 0.2) is 71.9 Å². The first kappa shape index (κ1) is 24.4. The molecule has 9 heteroatoms. The van der Waals surface area contributed by atoms with Gasteiger partial charge in [-0.3, -0.25) is 9.59 Å². The highest BCUT2D eigenvalue weighted by atomic mass is 32.2. The molecule has 1 atom stereocenters. The largest absolute Gasteiger partial charge is 0.342 e. The number of amides is 2. The number of nitrogens with zero attached hydrogens (tertiary/aromatic N) is 3. The second kappa shape index (κ2) is 10.7. The Hall–Kier alpha value is -3.72. The molecule has 1 heterocycles. The average Bonchev–Trinajstić information content (AvgIpc) is 3.21. The smallest absolute Gasteiger partial charge is 0.251 e. The minimum Gasteiger partial charge on any atom is -0.342 e. The zero-order valence-corrected chi connectivity index (χ0v) is 20.5. The fraction of sp³-hybridized carbons (Fsp3) is 0.231. The molecule has 0 radical (unpaired) electrons. The first-order chi connectivity index (χ1) is 16.8. The number of carbonyl (C=O) groups is 2. The van der Waals surface area contributed by atoms with Crippen molar-refractivity contribution in [1.29, 1.82) is 0 Å². The molecule has 180 valence electrons. The van der Waals surface area contributed by atoms with Crippen LogP contribution in [0.25, 0.3) is 10.8 Å². The topological polar surface area (TPSA) is 88.9 Å². The quantitative estimate of drug-likeness (QED) is 0.340. The third-order valence-electron chi connectivity index (χ3n) is 5.57. The molecule has 3 aromatic carbocycles. The van der Waals surface area contributed by atoms with Crippen molar-refractivity contribution >= 4 is 40.0 Å². The summed E-state index contributed by atoms with van der Waals surface area (Å²) in [5.41, 5.74) is 1.09. The number of benzene rings is 3. The van der Waals surface area contributed by atoms with Crippen molar-refractivity contribution < 1.29 is 14.0 Å². The van der Waals surface area contributed by atoms with Gasteiger partial charge in [0.15, 0.2) is 11.0 Å². The Morgan fingerprint density at radius 1 is 1.00 bits per heavy atom. The van der Waals surface area contributed by atoms with Crippen LogP contribution < -0.4 is 10.6 Å². The van der Waals surface area contributed by atoms with Crippen LogP contribution in [0.1, 0.15) is 36.1 Å². The Morgan fingerprint density at radius 3 is 2.43 bits per heavy atom. The molecule has 7 nitrogen and oxygen atoms in total. The molecule has 0 unspecified atom stereocenters. The maximum atomic E-state index is 13.2. The van der Waals surface area contributed by atoms with Crippen LogP contribution in [-0.4, -0.2) is 32.3 Å². The maximum absolute atomic E-state index is 13.2. The fourth-order valence-corrected chi connectivity index (χ4v) is 4.39.